The van der Waals surface area contributed by atoms with Crippen LogP contribution in [0.4, 0.5) is 0 Å². The summed E-state index contributed by atoms with van der Waals surface area (Å²) in [5.74, 6) is 0.897. The topological polar surface area (TPSA) is 32.7 Å². The first kappa shape index (κ1) is 14.4. The molecule has 1 atom stereocenters. The normalized spacial score (nSPS) is 17.6. The molecule has 106 valence electrons. The summed E-state index contributed by atoms with van der Waals surface area (Å²) in [5, 5.41) is 9.71. The van der Waals surface area contributed by atoms with E-state index < -0.39 is 0 Å². The molecule has 1 aromatic carbocycles. The van der Waals surface area contributed by atoms with Gasteiger partial charge in [0.2, 0.25) is 0 Å². The summed E-state index contributed by atoms with van der Waals surface area (Å²) in [6.45, 7) is 6.40. The monoisotopic (exact) mass is 263 g/mol. The van der Waals surface area contributed by atoms with Crippen LogP contribution >= 0.6 is 0 Å². The summed E-state index contributed by atoms with van der Waals surface area (Å²) in [5.41, 5.74) is 0.965. The molecule has 1 saturated heterocycles. The number of nitrogens with zero attached hydrogens (tertiary/aromatic N) is 1. The zero-order chi connectivity index (χ0) is 13.5. The van der Waals surface area contributed by atoms with E-state index in [1.807, 2.05) is 31.2 Å². The molecular weight excluding hydrogens is 238 g/mol. The molecule has 19 heavy (non-hydrogen) atoms. The molecule has 0 amide bonds. The smallest absolute Gasteiger partial charge is 0.119 e. The minimum atomic E-state index is -0.357. The van der Waals surface area contributed by atoms with E-state index in [2.05, 4.69) is 4.90 Å². The zero-order valence-electron chi connectivity index (χ0n) is 11.8. The van der Waals surface area contributed by atoms with Gasteiger partial charge in [-0.15, -0.1) is 0 Å². The van der Waals surface area contributed by atoms with Crippen molar-refractivity contribution in [1.29, 1.82) is 0 Å². The second-order valence-corrected chi connectivity index (χ2v) is 5.24. The first-order chi connectivity index (χ1) is 9.29. The predicted molar refractivity (Wildman–Crippen MR) is 77.5 cm³/mol. The SMILES string of the molecule is CC[C@H](O)c1ccc(OCCCN2CCCC2)cc1. The Kier molecular flexibility index (Phi) is 5.67. The third-order valence-electron chi connectivity index (χ3n) is 3.74. The first-order valence-corrected chi connectivity index (χ1v) is 7.43. The van der Waals surface area contributed by atoms with Crippen molar-refractivity contribution in [3.8, 4) is 5.75 Å². The van der Waals surface area contributed by atoms with Crippen molar-refractivity contribution in [1.82, 2.24) is 4.90 Å². The lowest BCUT2D eigenvalue weighted by Gasteiger charge is -2.14. The highest BCUT2D eigenvalue weighted by Crippen LogP contribution is 2.19. The molecule has 1 fully saturated rings. The van der Waals surface area contributed by atoms with Crippen LogP contribution < -0.4 is 4.74 Å². The summed E-state index contributed by atoms with van der Waals surface area (Å²) in [6, 6.07) is 7.79. The molecule has 1 N–H and O–H groups in total. The largest absolute Gasteiger partial charge is 0.494 e. The molecule has 0 aliphatic carbocycles. The fourth-order valence-electron chi connectivity index (χ4n) is 2.51. The Morgan fingerprint density at radius 3 is 2.53 bits per heavy atom. The van der Waals surface area contributed by atoms with Crippen LogP contribution in [-0.2, 0) is 0 Å². The molecule has 0 unspecified atom stereocenters. The minimum Gasteiger partial charge on any atom is -0.494 e. The van der Waals surface area contributed by atoms with Crippen molar-refractivity contribution < 1.29 is 9.84 Å². The maximum atomic E-state index is 9.71. The lowest BCUT2D eigenvalue weighted by molar-refractivity contribution is 0.173. The van der Waals surface area contributed by atoms with Gasteiger partial charge in [-0.25, -0.2) is 0 Å². The van der Waals surface area contributed by atoms with Crippen LogP contribution in [0.2, 0.25) is 0 Å². The van der Waals surface area contributed by atoms with Gasteiger partial charge in [0.25, 0.3) is 0 Å². The number of hydrogen-bond acceptors (Lipinski definition) is 3. The summed E-state index contributed by atoms with van der Waals surface area (Å²) in [6.07, 6.45) is 4.17. The summed E-state index contributed by atoms with van der Waals surface area (Å²) in [4.78, 5) is 2.50. The van der Waals surface area contributed by atoms with Crippen molar-refractivity contribution >= 4 is 0 Å². The molecule has 0 bridgehead atoms. The summed E-state index contributed by atoms with van der Waals surface area (Å²) < 4.78 is 5.73. The highest BCUT2D eigenvalue weighted by atomic mass is 16.5. The average molecular weight is 263 g/mol. The quantitative estimate of drug-likeness (QED) is 0.768. The maximum Gasteiger partial charge on any atom is 0.119 e. The maximum absolute atomic E-state index is 9.71. The van der Waals surface area contributed by atoms with Gasteiger partial charge < -0.3 is 14.7 Å². The number of aliphatic hydroxyl groups excluding tert-OH is 1. The van der Waals surface area contributed by atoms with Crippen molar-refractivity contribution in [3.05, 3.63) is 29.8 Å². The van der Waals surface area contributed by atoms with E-state index in [0.717, 1.165) is 37.3 Å². The van der Waals surface area contributed by atoms with E-state index >= 15 is 0 Å². The lowest BCUT2D eigenvalue weighted by atomic mass is 10.1. The molecule has 3 heteroatoms. The molecule has 1 aliphatic heterocycles. The molecule has 1 aromatic rings. The Morgan fingerprint density at radius 1 is 1.21 bits per heavy atom. The number of ether oxygens (including phenoxy) is 1. The van der Waals surface area contributed by atoms with Crippen LogP contribution in [0.15, 0.2) is 24.3 Å². The molecule has 0 spiro atoms. The van der Waals surface area contributed by atoms with Crippen LogP contribution in [0, 0.1) is 0 Å². The Bertz CT molecular complexity index is 358. The number of likely N-dealkylation sites (tertiary alicyclic amines) is 1. The second kappa shape index (κ2) is 7.51. The van der Waals surface area contributed by atoms with Gasteiger partial charge >= 0.3 is 0 Å². The first-order valence-electron chi connectivity index (χ1n) is 7.43. The Balaban J connectivity index is 1.67. The number of aliphatic hydroxyl groups is 1. The standard InChI is InChI=1S/C16H25NO2/c1-2-16(18)14-6-8-15(9-7-14)19-13-5-12-17-10-3-4-11-17/h6-9,16,18H,2-5,10-13H2,1H3/t16-/m0/s1. The molecule has 0 saturated carbocycles. The van der Waals surface area contributed by atoms with E-state index in [9.17, 15) is 5.11 Å². The second-order valence-electron chi connectivity index (χ2n) is 5.24. The van der Waals surface area contributed by atoms with Crippen LogP contribution in [0.3, 0.4) is 0 Å². The summed E-state index contributed by atoms with van der Waals surface area (Å²) in [7, 11) is 0. The van der Waals surface area contributed by atoms with Gasteiger partial charge in [-0.05, 0) is 56.5 Å². The predicted octanol–water partition coefficient (Wildman–Crippen LogP) is 2.99. The van der Waals surface area contributed by atoms with Crippen LogP contribution in [-0.4, -0.2) is 36.2 Å². The van der Waals surface area contributed by atoms with Crippen LogP contribution in [0.1, 0.15) is 44.3 Å². The van der Waals surface area contributed by atoms with Crippen LogP contribution in [0.25, 0.3) is 0 Å². The van der Waals surface area contributed by atoms with E-state index in [1.165, 1.54) is 25.9 Å². The Hall–Kier alpha value is -1.06. The van der Waals surface area contributed by atoms with Gasteiger partial charge in [-0.1, -0.05) is 19.1 Å². The van der Waals surface area contributed by atoms with E-state index in [-0.39, 0.29) is 6.10 Å². The average Bonchev–Trinajstić information content (AvgIpc) is 2.96. The molecule has 1 heterocycles. The Labute approximate surface area is 116 Å². The Morgan fingerprint density at radius 2 is 1.89 bits per heavy atom. The highest BCUT2D eigenvalue weighted by Gasteiger charge is 2.10. The number of rotatable bonds is 7. The third kappa shape index (κ3) is 4.51. The molecule has 2 rings (SSSR count). The van der Waals surface area contributed by atoms with Crippen LogP contribution in [0.5, 0.6) is 5.75 Å². The fourth-order valence-corrected chi connectivity index (χ4v) is 2.51. The fraction of sp³-hybridized carbons (Fsp3) is 0.625. The summed E-state index contributed by atoms with van der Waals surface area (Å²) >= 11 is 0. The molecule has 0 aromatic heterocycles. The van der Waals surface area contributed by atoms with Gasteiger partial charge in [0.1, 0.15) is 5.75 Å². The minimum absolute atomic E-state index is 0.357. The van der Waals surface area contributed by atoms with Crippen molar-refractivity contribution in [3.63, 3.8) is 0 Å². The van der Waals surface area contributed by atoms with E-state index in [1.54, 1.807) is 0 Å². The van der Waals surface area contributed by atoms with Gasteiger partial charge in [-0.3, -0.25) is 0 Å². The molecule has 0 radical (unpaired) electrons. The van der Waals surface area contributed by atoms with Gasteiger partial charge in [0.05, 0.1) is 12.7 Å². The van der Waals surface area contributed by atoms with E-state index in [4.69, 9.17) is 4.74 Å². The van der Waals surface area contributed by atoms with Crippen molar-refractivity contribution in [2.45, 2.75) is 38.7 Å². The third-order valence-corrected chi connectivity index (χ3v) is 3.74. The van der Waals surface area contributed by atoms with Crippen molar-refractivity contribution in [2.75, 3.05) is 26.2 Å². The van der Waals surface area contributed by atoms with Gasteiger partial charge in [0.15, 0.2) is 0 Å². The van der Waals surface area contributed by atoms with E-state index in [0.29, 0.717) is 0 Å². The molecular formula is C16H25NO2. The zero-order valence-corrected chi connectivity index (χ0v) is 11.8. The molecule has 1 aliphatic rings. The highest BCUT2D eigenvalue weighted by molar-refractivity contribution is 5.28. The van der Waals surface area contributed by atoms with Gasteiger partial charge in [-0.2, -0.15) is 0 Å². The number of benzene rings is 1. The molecule has 3 nitrogen and oxygen atoms in total. The van der Waals surface area contributed by atoms with Gasteiger partial charge in [0, 0.05) is 6.54 Å². The number of hydrogen-bond donors (Lipinski definition) is 1. The van der Waals surface area contributed by atoms with Crippen molar-refractivity contribution in [2.24, 2.45) is 0 Å². The lowest BCUT2D eigenvalue weighted by Crippen LogP contribution is -2.21.